The van der Waals surface area contributed by atoms with Gasteiger partial charge in [-0.1, -0.05) is 13.8 Å². The average molecular weight is 247 g/mol. The van der Waals surface area contributed by atoms with Crippen LogP contribution in [0.25, 0.3) is 0 Å². The van der Waals surface area contributed by atoms with Crippen molar-refractivity contribution in [1.29, 1.82) is 5.26 Å². The third-order valence-electron chi connectivity index (χ3n) is 2.36. The largest absolute Gasteiger partial charge is 0.475 e. The van der Waals surface area contributed by atoms with E-state index in [2.05, 4.69) is 6.07 Å². The van der Waals surface area contributed by atoms with Crippen LogP contribution >= 0.6 is 0 Å². The molecule has 1 unspecified atom stereocenters. The minimum atomic E-state index is -0.488. The Morgan fingerprint density at radius 1 is 1.33 bits per heavy atom. The maximum Gasteiger partial charge on any atom is 0.338 e. The van der Waals surface area contributed by atoms with E-state index >= 15 is 0 Å². The van der Waals surface area contributed by atoms with E-state index in [1.165, 1.54) is 0 Å². The molecule has 0 amide bonds. The number of ether oxygens (including phenoxy) is 2. The van der Waals surface area contributed by atoms with Crippen LogP contribution in [0, 0.1) is 17.2 Å². The molecule has 4 nitrogen and oxygen atoms in total. The number of esters is 1. The van der Waals surface area contributed by atoms with Crippen LogP contribution in [0.4, 0.5) is 0 Å². The monoisotopic (exact) mass is 247 g/mol. The molecule has 0 spiro atoms. The Labute approximate surface area is 107 Å². The zero-order valence-electron chi connectivity index (χ0n) is 10.8. The van der Waals surface area contributed by atoms with Gasteiger partial charge < -0.3 is 9.47 Å². The number of hydrogen-bond donors (Lipinski definition) is 0. The summed E-state index contributed by atoms with van der Waals surface area (Å²) < 4.78 is 10.4. The van der Waals surface area contributed by atoms with Crippen molar-refractivity contribution in [3.8, 4) is 11.8 Å². The lowest BCUT2D eigenvalue weighted by Gasteiger charge is -2.15. The highest BCUT2D eigenvalue weighted by Gasteiger charge is 2.14. The van der Waals surface area contributed by atoms with Crippen molar-refractivity contribution < 1.29 is 14.3 Å². The summed E-state index contributed by atoms with van der Waals surface area (Å²) in [4.78, 5) is 11.4. The third kappa shape index (κ3) is 3.77. The number of carbonyl (C=O) groups is 1. The predicted molar refractivity (Wildman–Crippen MR) is 67.3 cm³/mol. The van der Waals surface area contributed by atoms with E-state index in [1.54, 1.807) is 31.2 Å². The molecule has 0 saturated heterocycles. The van der Waals surface area contributed by atoms with E-state index in [0.717, 1.165) is 0 Å². The Balaban J connectivity index is 2.72. The fourth-order valence-electron chi connectivity index (χ4n) is 1.34. The van der Waals surface area contributed by atoms with Gasteiger partial charge in [-0.25, -0.2) is 4.79 Å². The van der Waals surface area contributed by atoms with Crippen LogP contribution in [0.5, 0.6) is 5.75 Å². The van der Waals surface area contributed by atoms with Gasteiger partial charge in [0.1, 0.15) is 11.8 Å². The molecule has 1 aromatic carbocycles. The van der Waals surface area contributed by atoms with Gasteiger partial charge in [0.05, 0.1) is 12.2 Å². The van der Waals surface area contributed by atoms with Crippen LogP contribution < -0.4 is 4.74 Å². The highest BCUT2D eigenvalue weighted by Crippen LogP contribution is 2.17. The van der Waals surface area contributed by atoms with Gasteiger partial charge in [-0.3, -0.25) is 0 Å². The van der Waals surface area contributed by atoms with E-state index in [0.29, 0.717) is 17.9 Å². The van der Waals surface area contributed by atoms with E-state index in [9.17, 15) is 4.79 Å². The van der Waals surface area contributed by atoms with Gasteiger partial charge in [0, 0.05) is 5.92 Å². The van der Waals surface area contributed by atoms with Crippen molar-refractivity contribution in [2.45, 2.75) is 26.9 Å². The van der Waals surface area contributed by atoms with Crippen molar-refractivity contribution in [1.82, 2.24) is 0 Å². The molecule has 0 aliphatic carbocycles. The van der Waals surface area contributed by atoms with Crippen molar-refractivity contribution in [2.24, 2.45) is 5.92 Å². The molecule has 1 atom stereocenters. The molecule has 18 heavy (non-hydrogen) atoms. The van der Waals surface area contributed by atoms with Crippen LogP contribution in [0.2, 0.25) is 0 Å². The zero-order valence-corrected chi connectivity index (χ0v) is 10.8. The minimum Gasteiger partial charge on any atom is -0.475 e. The standard InChI is InChI=1S/C14H17NO3/c1-4-17-14(16)11-5-7-12(8-6-11)18-13(9-15)10(2)3/h5-8,10,13H,4H2,1-3H3. The molecule has 0 N–H and O–H groups in total. The second-order valence-electron chi connectivity index (χ2n) is 4.16. The second-order valence-corrected chi connectivity index (χ2v) is 4.16. The first-order chi connectivity index (χ1) is 8.58. The molecule has 0 fully saturated rings. The molecule has 96 valence electrons. The fraction of sp³-hybridized carbons (Fsp3) is 0.429. The van der Waals surface area contributed by atoms with E-state index in [4.69, 9.17) is 14.7 Å². The van der Waals surface area contributed by atoms with E-state index in [1.807, 2.05) is 13.8 Å². The van der Waals surface area contributed by atoms with Gasteiger partial charge in [-0.15, -0.1) is 0 Å². The molecular formula is C14H17NO3. The summed E-state index contributed by atoms with van der Waals surface area (Å²) in [7, 11) is 0. The Bertz CT molecular complexity index is 431. The van der Waals surface area contributed by atoms with Gasteiger partial charge in [0.25, 0.3) is 0 Å². The summed E-state index contributed by atoms with van der Waals surface area (Å²) in [6.07, 6.45) is -0.488. The summed E-state index contributed by atoms with van der Waals surface area (Å²) in [5.41, 5.74) is 0.474. The number of rotatable bonds is 5. The quantitative estimate of drug-likeness (QED) is 0.751. The normalized spacial score (nSPS) is 11.7. The van der Waals surface area contributed by atoms with E-state index < -0.39 is 6.10 Å². The van der Waals surface area contributed by atoms with Crippen LogP contribution in [0.3, 0.4) is 0 Å². The molecule has 0 aromatic heterocycles. The smallest absolute Gasteiger partial charge is 0.338 e. The lowest BCUT2D eigenvalue weighted by molar-refractivity contribution is 0.0526. The molecule has 0 aliphatic rings. The Hall–Kier alpha value is -2.02. The number of carbonyl (C=O) groups excluding carboxylic acids is 1. The average Bonchev–Trinajstić information content (AvgIpc) is 2.36. The molecule has 0 bridgehead atoms. The predicted octanol–water partition coefficient (Wildman–Crippen LogP) is 2.79. The molecule has 4 heteroatoms. The molecular weight excluding hydrogens is 230 g/mol. The van der Waals surface area contributed by atoms with Gasteiger partial charge in [-0.05, 0) is 31.2 Å². The Kier molecular flexibility index (Phi) is 5.19. The molecule has 0 saturated carbocycles. The summed E-state index contributed by atoms with van der Waals surface area (Å²) in [5, 5.41) is 8.92. The fourth-order valence-corrected chi connectivity index (χ4v) is 1.34. The second kappa shape index (κ2) is 6.65. The topological polar surface area (TPSA) is 59.3 Å². The van der Waals surface area contributed by atoms with Gasteiger partial charge >= 0.3 is 5.97 Å². The van der Waals surface area contributed by atoms with Crippen molar-refractivity contribution in [3.63, 3.8) is 0 Å². The van der Waals surface area contributed by atoms with Gasteiger partial charge in [-0.2, -0.15) is 5.26 Å². The van der Waals surface area contributed by atoms with Gasteiger partial charge in [0.15, 0.2) is 6.10 Å². The highest BCUT2D eigenvalue weighted by molar-refractivity contribution is 5.89. The summed E-state index contributed by atoms with van der Waals surface area (Å²) in [6.45, 7) is 5.94. The van der Waals surface area contributed by atoms with Crippen molar-refractivity contribution >= 4 is 5.97 Å². The van der Waals surface area contributed by atoms with Crippen LogP contribution in [0.1, 0.15) is 31.1 Å². The van der Waals surface area contributed by atoms with Gasteiger partial charge in [0.2, 0.25) is 0 Å². The number of nitrogens with zero attached hydrogens (tertiary/aromatic N) is 1. The molecule has 0 radical (unpaired) electrons. The SMILES string of the molecule is CCOC(=O)c1ccc(OC(C#N)C(C)C)cc1. The van der Waals surface area contributed by atoms with Crippen LogP contribution in [-0.4, -0.2) is 18.7 Å². The summed E-state index contributed by atoms with van der Waals surface area (Å²) in [5.74, 6) is 0.327. The zero-order chi connectivity index (χ0) is 13.5. The Morgan fingerprint density at radius 3 is 2.39 bits per heavy atom. The molecule has 0 aliphatic heterocycles. The van der Waals surface area contributed by atoms with Crippen molar-refractivity contribution in [3.05, 3.63) is 29.8 Å². The van der Waals surface area contributed by atoms with Crippen molar-refractivity contribution in [2.75, 3.05) is 6.61 Å². The minimum absolute atomic E-state index is 0.111. The maximum atomic E-state index is 11.4. The maximum absolute atomic E-state index is 11.4. The number of nitriles is 1. The van der Waals surface area contributed by atoms with Crippen LogP contribution in [0.15, 0.2) is 24.3 Å². The first-order valence-corrected chi connectivity index (χ1v) is 5.92. The summed E-state index contributed by atoms with van der Waals surface area (Å²) in [6, 6.07) is 8.68. The first kappa shape index (κ1) is 14.0. The summed E-state index contributed by atoms with van der Waals surface area (Å²) >= 11 is 0. The molecule has 0 heterocycles. The Morgan fingerprint density at radius 2 is 1.94 bits per heavy atom. The third-order valence-corrected chi connectivity index (χ3v) is 2.36. The lowest BCUT2D eigenvalue weighted by Crippen LogP contribution is -2.20. The van der Waals surface area contributed by atoms with E-state index in [-0.39, 0.29) is 11.9 Å². The number of hydrogen-bond acceptors (Lipinski definition) is 4. The lowest BCUT2D eigenvalue weighted by atomic mass is 10.1. The first-order valence-electron chi connectivity index (χ1n) is 5.92. The number of benzene rings is 1. The molecule has 1 rings (SSSR count). The highest BCUT2D eigenvalue weighted by atomic mass is 16.5. The molecule has 1 aromatic rings. The van der Waals surface area contributed by atoms with Crippen LogP contribution in [-0.2, 0) is 4.74 Å².